The Kier molecular flexibility index (Phi) is 8.33. The third-order valence-electron chi connectivity index (χ3n) is 10.4. The van der Waals surface area contributed by atoms with E-state index in [4.69, 9.17) is 26.1 Å². The Bertz CT molecular complexity index is 1750. The van der Waals surface area contributed by atoms with E-state index in [1.807, 2.05) is 39.6 Å². The van der Waals surface area contributed by atoms with Crippen molar-refractivity contribution in [2.24, 2.45) is 0 Å². The summed E-state index contributed by atoms with van der Waals surface area (Å²) in [4.78, 5) is 32.8. The molecule has 0 unspecified atom stereocenters. The van der Waals surface area contributed by atoms with E-state index >= 15 is 4.39 Å². The first-order valence-corrected chi connectivity index (χ1v) is 17.3. The van der Waals surface area contributed by atoms with E-state index in [2.05, 4.69) is 14.9 Å². The van der Waals surface area contributed by atoms with Crippen molar-refractivity contribution in [3.8, 4) is 23.0 Å². The highest BCUT2D eigenvalue weighted by Gasteiger charge is 2.49. The largest absolute Gasteiger partial charge is 0.508 e. The van der Waals surface area contributed by atoms with Crippen LogP contribution in [0.1, 0.15) is 77.7 Å². The van der Waals surface area contributed by atoms with Crippen LogP contribution in [0.4, 0.5) is 19.4 Å². The van der Waals surface area contributed by atoms with Crippen molar-refractivity contribution in [2.75, 3.05) is 38.2 Å². The zero-order valence-corrected chi connectivity index (χ0v) is 28.9. The number of phenols is 1. The summed E-state index contributed by atoms with van der Waals surface area (Å²) in [5, 5.41) is 11.2. The molecule has 0 bridgehead atoms. The Morgan fingerprint density at radius 3 is 2.71 bits per heavy atom. The van der Waals surface area contributed by atoms with Gasteiger partial charge in [-0.3, -0.25) is 9.88 Å². The predicted octanol–water partition coefficient (Wildman–Crippen LogP) is 6.86. The van der Waals surface area contributed by atoms with Crippen molar-refractivity contribution in [1.82, 2.24) is 24.8 Å². The Morgan fingerprint density at radius 2 is 1.98 bits per heavy atom. The number of likely N-dealkylation sites (tertiary alicyclic amines) is 1. The summed E-state index contributed by atoms with van der Waals surface area (Å²) in [7, 11) is 1.86. The van der Waals surface area contributed by atoms with Gasteiger partial charge in [0.1, 0.15) is 41.2 Å². The Morgan fingerprint density at radius 1 is 1.21 bits per heavy atom. The van der Waals surface area contributed by atoms with Crippen LogP contribution in [0.5, 0.6) is 11.8 Å². The van der Waals surface area contributed by atoms with Gasteiger partial charge in [-0.1, -0.05) is 11.6 Å². The minimum absolute atomic E-state index is 0.0123. The van der Waals surface area contributed by atoms with Crippen LogP contribution in [0.15, 0.2) is 18.3 Å². The fraction of sp³-hybridized carbons (Fsp3) is 0.600. The number of aromatic hydroxyl groups is 1. The maximum absolute atomic E-state index is 16.8. The van der Waals surface area contributed by atoms with Crippen LogP contribution < -0.4 is 9.64 Å². The summed E-state index contributed by atoms with van der Waals surface area (Å²) in [6.45, 7) is 9.32. The van der Waals surface area contributed by atoms with Gasteiger partial charge in [-0.2, -0.15) is 9.97 Å². The number of aromatic nitrogens is 3. The predicted molar refractivity (Wildman–Crippen MR) is 179 cm³/mol. The van der Waals surface area contributed by atoms with E-state index < -0.39 is 23.1 Å². The quantitative estimate of drug-likeness (QED) is 0.286. The Hall–Kier alpha value is -3.51. The monoisotopic (exact) mass is 684 g/mol. The van der Waals surface area contributed by atoms with Gasteiger partial charge in [-0.25, -0.2) is 13.6 Å². The fourth-order valence-electron chi connectivity index (χ4n) is 7.95. The van der Waals surface area contributed by atoms with Gasteiger partial charge >= 0.3 is 12.1 Å². The molecule has 13 heteroatoms. The van der Waals surface area contributed by atoms with Gasteiger partial charge in [0.05, 0.1) is 23.0 Å². The Balaban J connectivity index is 1.29. The molecule has 4 atom stereocenters. The number of amides is 1. The van der Waals surface area contributed by atoms with E-state index in [9.17, 15) is 14.3 Å². The molecular weight excluding hydrogens is 642 g/mol. The molecule has 3 aliphatic heterocycles. The van der Waals surface area contributed by atoms with Gasteiger partial charge in [-0.05, 0) is 90.0 Å². The third kappa shape index (κ3) is 5.99. The lowest BCUT2D eigenvalue weighted by Gasteiger charge is -2.33. The van der Waals surface area contributed by atoms with E-state index in [0.717, 1.165) is 37.8 Å². The number of rotatable bonds is 7. The molecule has 4 fully saturated rings. The minimum atomic E-state index is -0.925. The number of alkyl halides is 1. The molecule has 1 amide bonds. The molecule has 3 saturated heterocycles. The van der Waals surface area contributed by atoms with E-state index in [0.29, 0.717) is 47.7 Å². The maximum atomic E-state index is 16.8. The molecule has 1 saturated carbocycles. The molecule has 48 heavy (non-hydrogen) atoms. The lowest BCUT2D eigenvalue weighted by molar-refractivity contribution is 0.0233. The number of benzene rings is 1. The number of hydrogen-bond donors (Lipinski definition) is 1. The lowest BCUT2D eigenvalue weighted by atomic mass is 9.95. The van der Waals surface area contributed by atoms with Gasteiger partial charge in [0.25, 0.3) is 0 Å². The zero-order chi connectivity index (χ0) is 34.1. The van der Waals surface area contributed by atoms with Crippen molar-refractivity contribution in [2.45, 2.75) is 102 Å². The number of hydrogen-bond acceptors (Lipinski definition) is 9. The number of likely N-dealkylation sites (N-methyl/N-ethyl adjacent to an activating group) is 1. The number of nitrogens with zero attached hydrogens (tertiary/aromatic N) is 6. The highest BCUT2D eigenvalue weighted by molar-refractivity contribution is 6.32. The van der Waals surface area contributed by atoms with Crippen LogP contribution in [-0.4, -0.2) is 98.6 Å². The zero-order valence-electron chi connectivity index (χ0n) is 28.1. The molecule has 2 aromatic heterocycles. The van der Waals surface area contributed by atoms with Gasteiger partial charge in [0.2, 0.25) is 0 Å². The van der Waals surface area contributed by atoms with Gasteiger partial charge < -0.3 is 24.4 Å². The normalized spacial score (nSPS) is 25.9. The smallest absolute Gasteiger partial charge is 0.410 e. The lowest BCUT2D eigenvalue weighted by Crippen LogP contribution is -2.45. The molecule has 0 spiro atoms. The number of fused-ring (bicyclic) bond motifs is 2. The molecule has 7 rings (SSSR count). The molecule has 0 radical (unpaired) electrons. The number of carbonyl (C=O) groups is 1. The van der Waals surface area contributed by atoms with Crippen molar-refractivity contribution in [1.29, 1.82) is 0 Å². The molecule has 1 N–H and O–H groups in total. The van der Waals surface area contributed by atoms with Crippen LogP contribution in [0.25, 0.3) is 22.2 Å². The average Bonchev–Trinajstić information content (AvgIpc) is 3.54. The molecule has 1 aliphatic carbocycles. The second kappa shape index (κ2) is 12.1. The van der Waals surface area contributed by atoms with Crippen LogP contribution in [0, 0.1) is 5.82 Å². The number of halogens is 3. The summed E-state index contributed by atoms with van der Waals surface area (Å²) in [6, 6.07) is 2.53. The van der Waals surface area contributed by atoms with Crippen LogP contribution in [0.3, 0.4) is 0 Å². The summed E-state index contributed by atoms with van der Waals surface area (Å²) in [5.41, 5.74) is 0.145. The van der Waals surface area contributed by atoms with E-state index in [1.165, 1.54) is 12.1 Å². The Labute approximate surface area is 284 Å². The SMILES string of the molecule is C[C@H]1[C@@H](N(C)c2nc(OC[C@@]34CCCN3C[C@H](F)C4)nc3c(F)c(-c4cc(O)cc(Cl)c4C4CC4)ncc23)CCN1C(=O)OC(C)(C)C. The van der Waals surface area contributed by atoms with Crippen LogP contribution in [0.2, 0.25) is 5.02 Å². The maximum Gasteiger partial charge on any atom is 0.410 e. The first-order valence-electron chi connectivity index (χ1n) is 16.9. The number of anilines is 1. The first kappa shape index (κ1) is 33.0. The number of pyridine rings is 1. The first-order chi connectivity index (χ1) is 22.7. The fourth-order valence-corrected chi connectivity index (χ4v) is 8.32. The van der Waals surface area contributed by atoms with Gasteiger partial charge in [0, 0.05) is 43.3 Å². The standard InChI is InChI=1S/C35H43ClF2N6O4/c1-19-26(9-12-44(19)33(46)48-34(2,3)4)42(5)31-24-16-39-29(23-13-22(45)14-25(36)27(23)20-7-8-20)28(38)30(24)40-32(41-31)47-18-35-10-6-11-43(35)17-21(37)15-35/h13-14,16,19-21,26,45H,6-12,15,17-18H2,1-5H3/t19-,21+,26-,35-/m0/s1. The van der Waals surface area contributed by atoms with E-state index in [1.54, 1.807) is 11.1 Å². The number of ether oxygens (including phenoxy) is 2. The average molecular weight is 685 g/mol. The van der Waals surface area contributed by atoms with E-state index in [-0.39, 0.29) is 53.7 Å². The highest BCUT2D eigenvalue weighted by Crippen LogP contribution is 2.49. The van der Waals surface area contributed by atoms with Crippen molar-refractivity contribution < 1.29 is 28.2 Å². The second-order valence-electron chi connectivity index (χ2n) is 14.9. The second-order valence-corrected chi connectivity index (χ2v) is 15.3. The molecule has 5 heterocycles. The topological polar surface area (TPSA) is 104 Å². The van der Waals surface area contributed by atoms with Crippen molar-refractivity contribution in [3.63, 3.8) is 0 Å². The third-order valence-corrected chi connectivity index (χ3v) is 10.7. The summed E-state index contributed by atoms with van der Waals surface area (Å²) < 4.78 is 43.3. The van der Waals surface area contributed by atoms with Crippen molar-refractivity contribution in [3.05, 3.63) is 34.7 Å². The number of carbonyl (C=O) groups excluding carboxylic acids is 1. The van der Waals surface area contributed by atoms with Crippen LogP contribution >= 0.6 is 11.6 Å². The van der Waals surface area contributed by atoms with Crippen LogP contribution in [-0.2, 0) is 4.74 Å². The number of phenolic OH excluding ortho intramolecular Hbond substituents is 1. The molecule has 3 aromatic rings. The molecule has 1 aromatic carbocycles. The summed E-state index contributed by atoms with van der Waals surface area (Å²) >= 11 is 6.57. The van der Waals surface area contributed by atoms with Gasteiger partial charge in [0.15, 0.2) is 5.82 Å². The van der Waals surface area contributed by atoms with Gasteiger partial charge in [-0.15, -0.1) is 0 Å². The molecule has 4 aliphatic rings. The summed E-state index contributed by atoms with van der Waals surface area (Å²) in [5.74, 6) is -0.200. The summed E-state index contributed by atoms with van der Waals surface area (Å²) in [6.07, 6.45) is 4.83. The molecular formula is C35H43ClF2N6O4. The highest BCUT2D eigenvalue weighted by atomic mass is 35.5. The molecule has 10 nitrogen and oxygen atoms in total. The van der Waals surface area contributed by atoms with Crippen molar-refractivity contribution >= 4 is 34.4 Å². The minimum Gasteiger partial charge on any atom is -0.508 e. The molecule has 258 valence electrons.